The molecular formula is C11H16O5S2. The smallest absolute Gasteiger partial charge is 0.338 e. The summed E-state index contributed by atoms with van der Waals surface area (Å²) >= 11 is 1.45. The molecule has 0 unspecified atom stereocenters. The number of esters is 1. The van der Waals surface area contributed by atoms with E-state index in [1.54, 1.807) is 5.38 Å². The number of unbranched alkanes of at least 4 members (excludes halogenated alkanes) is 1. The van der Waals surface area contributed by atoms with Gasteiger partial charge in [0.15, 0.2) is 0 Å². The van der Waals surface area contributed by atoms with E-state index >= 15 is 0 Å². The molecule has 1 aromatic heterocycles. The maximum Gasteiger partial charge on any atom is 0.338 e. The highest BCUT2D eigenvalue weighted by Crippen LogP contribution is 2.18. The highest BCUT2D eigenvalue weighted by atomic mass is 32.2. The Bertz CT molecular complexity index is 489. The molecule has 0 saturated heterocycles. The minimum absolute atomic E-state index is 0.177. The number of hydrogen-bond donors (Lipinski definition) is 0. The molecule has 0 aliphatic heterocycles. The SMILES string of the molecule is COC(=O)c1cscc1CCCCOS(C)(=O)=O. The van der Waals surface area contributed by atoms with Gasteiger partial charge in [-0.25, -0.2) is 4.79 Å². The summed E-state index contributed by atoms with van der Waals surface area (Å²) < 4.78 is 30.7. The Morgan fingerprint density at radius 2 is 2.06 bits per heavy atom. The molecule has 0 atom stereocenters. The second kappa shape index (κ2) is 6.86. The standard InChI is InChI=1S/C11H16O5S2/c1-15-11(12)10-8-17-7-9(10)5-3-4-6-16-18(2,13)14/h7-8H,3-6H2,1-2H3. The molecule has 0 N–H and O–H groups in total. The Morgan fingerprint density at radius 3 is 2.67 bits per heavy atom. The van der Waals surface area contributed by atoms with Crippen LogP contribution in [0, 0.1) is 0 Å². The molecule has 0 bridgehead atoms. The Hall–Kier alpha value is -0.920. The van der Waals surface area contributed by atoms with E-state index in [0.717, 1.165) is 18.2 Å². The van der Waals surface area contributed by atoms with Gasteiger partial charge in [0, 0.05) is 5.38 Å². The van der Waals surface area contributed by atoms with Gasteiger partial charge in [-0.3, -0.25) is 4.18 Å². The molecule has 5 nitrogen and oxygen atoms in total. The van der Waals surface area contributed by atoms with E-state index < -0.39 is 10.1 Å². The van der Waals surface area contributed by atoms with Crippen LogP contribution in [0.2, 0.25) is 0 Å². The van der Waals surface area contributed by atoms with Gasteiger partial charge in [-0.15, -0.1) is 0 Å². The maximum atomic E-state index is 11.4. The first-order chi connectivity index (χ1) is 8.44. The summed E-state index contributed by atoms with van der Waals surface area (Å²) in [6.07, 6.45) is 3.13. The van der Waals surface area contributed by atoms with Crippen LogP contribution in [-0.4, -0.2) is 34.4 Å². The van der Waals surface area contributed by atoms with Crippen molar-refractivity contribution in [3.63, 3.8) is 0 Å². The fourth-order valence-electron chi connectivity index (χ4n) is 1.43. The van der Waals surface area contributed by atoms with Crippen LogP contribution < -0.4 is 0 Å². The Labute approximate surface area is 111 Å². The van der Waals surface area contributed by atoms with E-state index in [1.165, 1.54) is 18.4 Å². The number of methoxy groups -OCH3 is 1. The Balaban J connectivity index is 2.36. The number of aryl methyl sites for hydroxylation is 1. The molecule has 0 aromatic carbocycles. The van der Waals surface area contributed by atoms with Crippen LogP contribution in [-0.2, 0) is 25.5 Å². The molecule has 1 aromatic rings. The van der Waals surface area contributed by atoms with Crippen molar-refractivity contribution in [2.75, 3.05) is 20.0 Å². The summed E-state index contributed by atoms with van der Waals surface area (Å²) in [7, 11) is -2.01. The van der Waals surface area contributed by atoms with Crippen LogP contribution in [0.15, 0.2) is 10.8 Å². The summed E-state index contributed by atoms with van der Waals surface area (Å²) in [5.41, 5.74) is 1.53. The third-order valence-electron chi connectivity index (χ3n) is 2.29. The van der Waals surface area contributed by atoms with Crippen LogP contribution >= 0.6 is 11.3 Å². The van der Waals surface area contributed by atoms with E-state index in [2.05, 4.69) is 8.92 Å². The van der Waals surface area contributed by atoms with Crippen LogP contribution in [0.3, 0.4) is 0 Å². The minimum atomic E-state index is -3.36. The molecule has 1 rings (SSSR count). The van der Waals surface area contributed by atoms with Gasteiger partial charge in [0.1, 0.15) is 0 Å². The number of carbonyl (C=O) groups excluding carboxylic acids is 1. The minimum Gasteiger partial charge on any atom is -0.465 e. The first-order valence-electron chi connectivity index (χ1n) is 5.42. The first kappa shape index (κ1) is 15.1. The average Bonchev–Trinajstić information content (AvgIpc) is 2.74. The van der Waals surface area contributed by atoms with Crippen LogP contribution in [0.4, 0.5) is 0 Å². The summed E-state index contributed by atoms with van der Waals surface area (Å²) in [6, 6.07) is 0. The van der Waals surface area contributed by atoms with E-state index in [-0.39, 0.29) is 12.6 Å². The van der Waals surface area contributed by atoms with E-state index in [1.807, 2.05) is 5.38 Å². The van der Waals surface area contributed by atoms with Gasteiger partial charge in [0.2, 0.25) is 0 Å². The Kier molecular flexibility index (Phi) is 5.77. The molecule has 0 aliphatic carbocycles. The van der Waals surface area contributed by atoms with Gasteiger partial charge in [-0.05, 0) is 30.2 Å². The lowest BCUT2D eigenvalue weighted by atomic mass is 10.1. The quantitative estimate of drug-likeness (QED) is 0.435. The number of ether oxygens (including phenoxy) is 1. The number of carbonyl (C=O) groups is 1. The van der Waals surface area contributed by atoms with Crippen molar-refractivity contribution in [3.8, 4) is 0 Å². The largest absolute Gasteiger partial charge is 0.465 e. The van der Waals surface area contributed by atoms with Gasteiger partial charge in [-0.1, -0.05) is 0 Å². The monoisotopic (exact) mass is 292 g/mol. The zero-order valence-electron chi connectivity index (χ0n) is 10.3. The lowest BCUT2D eigenvalue weighted by Crippen LogP contribution is -2.05. The Morgan fingerprint density at radius 1 is 1.33 bits per heavy atom. The molecule has 0 fully saturated rings. The fraction of sp³-hybridized carbons (Fsp3) is 0.545. The van der Waals surface area contributed by atoms with Crippen molar-refractivity contribution < 1.29 is 22.1 Å². The lowest BCUT2D eigenvalue weighted by molar-refractivity contribution is 0.0600. The van der Waals surface area contributed by atoms with Crippen molar-refractivity contribution in [3.05, 3.63) is 21.9 Å². The molecule has 1 heterocycles. The first-order valence-corrected chi connectivity index (χ1v) is 8.18. The number of hydrogen-bond acceptors (Lipinski definition) is 6. The predicted octanol–water partition coefficient (Wildman–Crippen LogP) is 1.83. The second-order valence-corrected chi connectivity index (χ2v) is 6.17. The predicted molar refractivity (Wildman–Crippen MR) is 69.4 cm³/mol. The fourth-order valence-corrected chi connectivity index (χ4v) is 2.72. The van der Waals surface area contributed by atoms with E-state index in [0.29, 0.717) is 18.4 Å². The topological polar surface area (TPSA) is 69.7 Å². The zero-order valence-corrected chi connectivity index (χ0v) is 12.0. The molecule has 18 heavy (non-hydrogen) atoms. The van der Waals surface area contributed by atoms with Crippen molar-refractivity contribution >= 4 is 27.4 Å². The van der Waals surface area contributed by atoms with Gasteiger partial charge in [0.25, 0.3) is 10.1 Å². The van der Waals surface area contributed by atoms with Crippen LogP contribution in [0.1, 0.15) is 28.8 Å². The van der Waals surface area contributed by atoms with Gasteiger partial charge in [0.05, 0.1) is 25.5 Å². The van der Waals surface area contributed by atoms with Gasteiger partial charge < -0.3 is 4.74 Å². The summed E-state index contributed by atoms with van der Waals surface area (Å²) in [5.74, 6) is -0.335. The van der Waals surface area contributed by atoms with Crippen LogP contribution in [0.5, 0.6) is 0 Å². The van der Waals surface area contributed by atoms with Crippen molar-refractivity contribution in [2.45, 2.75) is 19.3 Å². The van der Waals surface area contributed by atoms with Gasteiger partial charge in [-0.2, -0.15) is 19.8 Å². The molecule has 7 heteroatoms. The van der Waals surface area contributed by atoms with E-state index in [4.69, 9.17) is 0 Å². The molecule has 0 aliphatic rings. The lowest BCUT2D eigenvalue weighted by Gasteiger charge is -2.03. The maximum absolute atomic E-state index is 11.4. The summed E-state index contributed by atoms with van der Waals surface area (Å²) in [5, 5.41) is 3.66. The third kappa shape index (κ3) is 5.16. The van der Waals surface area contributed by atoms with Crippen molar-refractivity contribution in [1.29, 1.82) is 0 Å². The zero-order chi connectivity index (χ0) is 13.6. The van der Waals surface area contributed by atoms with Crippen molar-refractivity contribution in [1.82, 2.24) is 0 Å². The molecule has 0 radical (unpaired) electrons. The molecule has 0 spiro atoms. The van der Waals surface area contributed by atoms with Gasteiger partial charge >= 0.3 is 5.97 Å². The van der Waals surface area contributed by atoms with Crippen LogP contribution in [0.25, 0.3) is 0 Å². The average molecular weight is 292 g/mol. The highest BCUT2D eigenvalue weighted by molar-refractivity contribution is 7.85. The molecule has 102 valence electrons. The third-order valence-corrected chi connectivity index (χ3v) is 3.67. The second-order valence-electron chi connectivity index (χ2n) is 3.79. The summed E-state index contributed by atoms with van der Waals surface area (Å²) in [6.45, 7) is 0.177. The normalized spacial score (nSPS) is 11.4. The number of rotatable bonds is 7. The van der Waals surface area contributed by atoms with E-state index in [9.17, 15) is 13.2 Å². The number of thiophene rings is 1. The summed E-state index contributed by atoms with van der Waals surface area (Å²) in [4.78, 5) is 11.4. The molecule has 0 amide bonds. The van der Waals surface area contributed by atoms with Crippen molar-refractivity contribution in [2.24, 2.45) is 0 Å². The highest BCUT2D eigenvalue weighted by Gasteiger charge is 2.12. The molecular weight excluding hydrogens is 276 g/mol. The molecule has 0 saturated carbocycles.